The van der Waals surface area contributed by atoms with Gasteiger partial charge in [-0.15, -0.1) is 0 Å². The van der Waals surface area contributed by atoms with E-state index in [1.165, 1.54) is 18.6 Å². The highest BCUT2D eigenvalue weighted by Gasteiger charge is 2.66. The van der Waals surface area contributed by atoms with E-state index >= 15 is 0 Å². The Hall–Kier alpha value is -1.86. The van der Waals surface area contributed by atoms with Crippen LogP contribution in [0.25, 0.3) is 0 Å². The van der Waals surface area contributed by atoms with E-state index < -0.39 is 11.0 Å². The molecule has 0 saturated heterocycles. The van der Waals surface area contributed by atoms with Crippen molar-refractivity contribution in [2.24, 2.45) is 28.6 Å². The summed E-state index contributed by atoms with van der Waals surface area (Å²) in [6.07, 6.45) is 10.9. The van der Waals surface area contributed by atoms with E-state index in [1.807, 2.05) is 0 Å². The summed E-state index contributed by atoms with van der Waals surface area (Å²) in [6, 6.07) is 0. The summed E-state index contributed by atoms with van der Waals surface area (Å²) >= 11 is 0. The van der Waals surface area contributed by atoms with Crippen LogP contribution >= 0.6 is 0 Å². The van der Waals surface area contributed by atoms with Crippen molar-refractivity contribution in [1.29, 1.82) is 0 Å². The molecule has 3 saturated carbocycles. The minimum atomic E-state index is -1.35. The third-order valence-corrected chi connectivity index (χ3v) is 9.21. The standard InChI is InChI=1S/C26H34O4/c1-5-6-7-23(28)26(29)15-12-22-20-9-8-18-16-19(30-17(2)27)10-13-24(18,3)21(20)11-14-25(22,26)4/h5,8,19-22,29H,1,9-16H2,2-4H3/t19-,20+,21-,22+,24-,25-,26-/m0/s1. The second-order valence-corrected chi connectivity index (χ2v) is 10.4. The summed E-state index contributed by atoms with van der Waals surface area (Å²) in [6.45, 7) is 9.56. The summed E-state index contributed by atoms with van der Waals surface area (Å²) in [4.78, 5) is 24.3. The van der Waals surface area contributed by atoms with Crippen LogP contribution in [0.15, 0.2) is 24.3 Å². The van der Waals surface area contributed by atoms with E-state index in [0.29, 0.717) is 24.2 Å². The van der Waals surface area contributed by atoms with Crippen molar-refractivity contribution in [3.05, 3.63) is 24.3 Å². The number of hydrogen-bond acceptors (Lipinski definition) is 4. The molecule has 30 heavy (non-hydrogen) atoms. The van der Waals surface area contributed by atoms with Gasteiger partial charge in [0.15, 0.2) is 0 Å². The lowest BCUT2D eigenvalue weighted by atomic mass is 9.46. The minimum Gasteiger partial charge on any atom is -0.462 e. The molecule has 0 spiro atoms. The first-order valence-corrected chi connectivity index (χ1v) is 11.4. The third-order valence-electron chi connectivity index (χ3n) is 9.21. The quantitative estimate of drug-likeness (QED) is 0.318. The lowest BCUT2D eigenvalue weighted by Gasteiger charge is -2.58. The van der Waals surface area contributed by atoms with E-state index in [-0.39, 0.29) is 23.3 Å². The number of carbonyl (C=O) groups is 2. The van der Waals surface area contributed by atoms with E-state index in [0.717, 1.165) is 44.9 Å². The molecule has 0 aromatic carbocycles. The molecular weight excluding hydrogens is 376 g/mol. The van der Waals surface area contributed by atoms with Crippen LogP contribution in [0.4, 0.5) is 0 Å². The predicted octanol–water partition coefficient (Wildman–Crippen LogP) is 4.37. The SMILES string of the molecule is C=CC#CC(=O)[C@@]1(O)CC[C@@H]2[C@@H]3CC=C4C[C@@H](OC(C)=O)CC[C@]4(C)[C@H]3CC[C@@]21C. The van der Waals surface area contributed by atoms with Gasteiger partial charge in [0.1, 0.15) is 11.7 Å². The Kier molecular flexibility index (Phi) is 5.26. The molecule has 0 heterocycles. The van der Waals surface area contributed by atoms with Gasteiger partial charge in [0.2, 0.25) is 5.78 Å². The fourth-order valence-corrected chi connectivity index (χ4v) is 7.57. The Bertz CT molecular complexity index is 860. The summed E-state index contributed by atoms with van der Waals surface area (Å²) in [5.41, 5.74) is -0.186. The topological polar surface area (TPSA) is 63.6 Å². The molecule has 3 fully saturated rings. The Balaban J connectivity index is 1.60. The number of ether oxygens (including phenoxy) is 1. The Morgan fingerprint density at radius 3 is 2.63 bits per heavy atom. The largest absolute Gasteiger partial charge is 0.462 e. The number of esters is 1. The fourth-order valence-electron chi connectivity index (χ4n) is 7.57. The maximum atomic E-state index is 12.8. The first kappa shape index (κ1) is 21.4. The van der Waals surface area contributed by atoms with Gasteiger partial charge in [-0.3, -0.25) is 9.59 Å². The number of allylic oxidation sites excluding steroid dienone is 2. The third kappa shape index (κ3) is 3.01. The van der Waals surface area contributed by atoms with Gasteiger partial charge in [0.05, 0.1) is 0 Å². The summed E-state index contributed by atoms with van der Waals surface area (Å²) in [5, 5.41) is 11.5. The lowest BCUT2D eigenvalue weighted by molar-refractivity contribution is -0.157. The molecule has 0 aromatic rings. The Morgan fingerprint density at radius 2 is 1.93 bits per heavy atom. The van der Waals surface area contributed by atoms with Crippen molar-refractivity contribution in [2.45, 2.75) is 83.8 Å². The smallest absolute Gasteiger partial charge is 0.302 e. The Morgan fingerprint density at radius 1 is 1.20 bits per heavy atom. The number of hydrogen-bond donors (Lipinski definition) is 1. The second-order valence-electron chi connectivity index (χ2n) is 10.4. The highest BCUT2D eigenvalue weighted by molar-refractivity contribution is 6.03. The average molecular weight is 411 g/mol. The molecule has 0 aliphatic heterocycles. The normalized spacial score (nSPS) is 44.3. The van der Waals surface area contributed by atoms with Crippen molar-refractivity contribution < 1.29 is 19.4 Å². The number of fused-ring (bicyclic) bond motifs is 5. The van der Waals surface area contributed by atoms with Crippen LogP contribution in [0.5, 0.6) is 0 Å². The molecule has 0 aromatic heterocycles. The molecule has 0 amide bonds. The minimum absolute atomic E-state index is 0.00450. The predicted molar refractivity (Wildman–Crippen MR) is 115 cm³/mol. The van der Waals surface area contributed by atoms with Crippen molar-refractivity contribution in [1.82, 2.24) is 0 Å². The number of rotatable bonds is 2. The van der Waals surface area contributed by atoms with E-state index in [9.17, 15) is 14.7 Å². The first-order chi connectivity index (χ1) is 14.2. The maximum Gasteiger partial charge on any atom is 0.302 e. The number of Topliss-reactive ketones (excluding diaryl/α,β-unsaturated/α-hetero) is 1. The van der Waals surface area contributed by atoms with Gasteiger partial charge in [0, 0.05) is 18.8 Å². The molecule has 0 bridgehead atoms. The maximum absolute atomic E-state index is 12.8. The van der Waals surface area contributed by atoms with Crippen molar-refractivity contribution in [3.8, 4) is 11.8 Å². The molecule has 4 aliphatic carbocycles. The van der Waals surface area contributed by atoms with Crippen molar-refractivity contribution >= 4 is 11.8 Å². The molecule has 4 nitrogen and oxygen atoms in total. The summed E-state index contributed by atoms with van der Waals surface area (Å²) in [5.74, 6) is 6.09. The monoisotopic (exact) mass is 410 g/mol. The molecule has 4 aliphatic rings. The van der Waals surface area contributed by atoms with Crippen LogP contribution in [-0.2, 0) is 14.3 Å². The Labute approximate surface area is 180 Å². The van der Waals surface area contributed by atoms with Gasteiger partial charge in [-0.2, -0.15) is 0 Å². The molecule has 0 unspecified atom stereocenters. The zero-order valence-corrected chi connectivity index (χ0v) is 18.5. The molecule has 4 heteroatoms. The van der Waals surface area contributed by atoms with Crippen LogP contribution in [0.1, 0.15) is 72.1 Å². The highest BCUT2D eigenvalue weighted by Crippen LogP contribution is 2.67. The van der Waals surface area contributed by atoms with Crippen LogP contribution < -0.4 is 0 Å². The van der Waals surface area contributed by atoms with Gasteiger partial charge >= 0.3 is 5.97 Å². The highest BCUT2D eigenvalue weighted by atomic mass is 16.5. The van der Waals surface area contributed by atoms with E-state index in [4.69, 9.17) is 4.74 Å². The number of carbonyl (C=O) groups excluding carboxylic acids is 2. The van der Waals surface area contributed by atoms with Crippen LogP contribution in [0, 0.1) is 40.4 Å². The lowest BCUT2D eigenvalue weighted by Crippen LogP contribution is -2.57. The van der Waals surface area contributed by atoms with Gasteiger partial charge < -0.3 is 9.84 Å². The fraction of sp³-hybridized carbons (Fsp3) is 0.692. The van der Waals surface area contributed by atoms with Gasteiger partial charge in [0.25, 0.3) is 0 Å². The first-order valence-electron chi connectivity index (χ1n) is 11.4. The van der Waals surface area contributed by atoms with E-state index in [2.05, 4.69) is 38.3 Å². The number of ketones is 1. The van der Waals surface area contributed by atoms with Crippen LogP contribution in [-0.4, -0.2) is 28.6 Å². The number of aliphatic hydroxyl groups is 1. The molecule has 1 N–H and O–H groups in total. The van der Waals surface area contributed by atoms with Crippen LogP contribution in [0.2, 0.25) is 0 Å². The molecule has 4 rings (SSSR count). The second kappa shape index (κ2) is 7.38. The molecule has 7 atom stereocenters. The van der Waals surface area contributed by atoms with Crippen molar-refractivity contribution in [2.75, 3.05) is 0 Å². The van der Waals surface area contributed by atoms with E-state index in [1.54, 1.807) is 0 Å². The van der Waals surface area contributed by atoms with Crippen molar-refractivity contribution in [3.63, 3.8) is 0 Å². The average Bonchev–Trinajstić information content (AvgIpc) is 2.98. The van der Waals surface area contributed by atoms with Crippen LogP contribution in [0.3, 0.4) is 0 Å². The zero-order valence-electron chi connectivity index (χ0n) is 18.5. The van der Waals surface area contributed by atoms with Gasteiger partial charge in [-0.05, 0) is 80.1 Å². The molecule has 0 radical (unpaired) electrons. The molecule has 162 valence electrons. The molecular formula is C26H34O4. The summed E-state index contributed by atoms with van der Waals surface area (Å²) in [7, 11) is 0. The van der Waals surface area contributed by atoms with Gasteiger partial charge in [-0.25, -0.2) is 0 Å². The zero-order chi connectivity index (χ0) is 21.7. The van der Waals surface area contributed by atoms with Gasteiger partial charge in [-0.1, -0.05) is 38.0 Å². The summed E-state index contributed by atoms with van der Waals surface area (Å²) < 4.78 is 5.52.